The van der Waals surface area contributed by atoms with E-state index in [4.69, 9.17) is 21.1 Å². The largest absolute Gasteiger partial charge is 0.387 e. The number of aliphatic hydroxyl groups is 2. The maximum Gasteiger partial charge on any atom is 0.363 e. The Morgan fingerprint density at radius 2 is 1.92 bits per heavy atom. The van der Waals surface area contributed by atoms with Crippen LogP contribution in [-0.2, 0) is 18.8 Å². The topological polar surface area (TPSA) is 218 Å². The predicted molar refractivity (Wildman–Crippen MR) is 131 cm³/mol. The zero-order valence-corrected chi connectivity index (χ0v) is 21.4. The van der Waals surface area contributed by atoms with Crippen molar-refractivity contribution in [2.45, 2.75) is 37.3 Å². The van der Waals surface area contributed by atoms with Crippen molar-refractivity contribution in [3.8, 4) is 0 Å². The Labute approximate surface area is 219 Å². The van der Waals surface area contributed by atoms with E-state index in [2.05, 4.69) is 25.6 Å². The molecule has 0 saturated carbocycles. The Morgan fingerprint density at radius 1 is 1.21 bits per heavy atom. The van der Waals surface area contributed by atoms with Gasteiger partial charge >= 0.3 is 7.60 Å². The summed E-state index contributed by atoms with van der Waals surface area (Å²) < 4.78 is 23.8. The molecule has 6 N–H and O–H groups in total. The molecule has 0 bridgehead atoms. The molecule has 2 aromatic heterocycles. The number of hydrogen-bond acceptors (Lipinski definition) is 10. The average molecular weight is 571 g/mol. The molecule has 1 aromatic carbocycles. The van der Waals surface area contributed by atoms with E-state index in [-0.39, 0.29) is 28.8 Å². The summed E-state index contributed by atoms with van der Waals surface area (Å²) >= 11 is 6.07. The molecule has 3 aromatic rings. The molecule has 0 spiro atoms. The monoisotopic (exact) mass is 570 g/mol. The first-order chi connectivity index (χ1) is 18.0. The number of aromatic nitrogens is 4. The first-order valence-electron chi connectivity index (χ1n) is 11.2. The van der Waals surface area contributed by atoms with E-state index in [1.807, 2.05) is 0 Å². The van der Waals surface area contributed by atoms with Crippen molar-refractivity contribution < 1.29 is 43.6 Å². The number of nitrogens with zero attached hydrogens (tertiary/aromatic N) is 4. The van der Waals surface area contributed by atoms with Crippen LogP contribution in [0.15, 0.2) is 36.7 Å². The van der Waals surface area contributed by atoms with Gasteiger partial charge in [0.25, 0.3) is 11.8 Å². The minimum Gasteiger partial charge on any atom is -0.387 e. The van der Waals surface area contributed by atoms with Gasteiger partial charge in [0.05, 0.1) is 12.9 Å². The Morgan fingerprint density at radius 3 is 2.58 bits per heavy atom. The van der Waals surface area contributed by atoms with Crippen molar-refractivity contribution >= 4 is 48.0 Å². The van der Waals surface area contributed by atoms with Crippen LogP contribution in [0.3, 0.4) is 0 Å². The number of hydrogen-bond donors (Lipinski definition) is 6. The first-order valence-corrected chi connectivity index (χ1v) is 13.3. The van der Waals surface area contributed by atoms with Crippen LogP contribution in [0.2, 0.25) is 5.28 Å². The van der Waals surface area contributed by atoms with Gasteiger partial charge in [-0.25, -0.2) is 4.98 Å². The van der Waals surface area contributed by atoms with Gasteiger partial charge in [-0.1, -0.05) is 18.2 Å². The van der Waals surface area contributed by atoms with Crippen LogP contribution in [0.4, 0.5) is 5.82 Å². The van der Waals surface area contributed by atoms with Gasteiger partial charge in [0, 0.05) is 12.1 Å². The van der Waals surface area contributed by atoms with Crippen LogP contribution in [0, 0.1) is 0 Å². The summed E-state index contributed by atoms with van der Waals surface area (Å²) in [6.45, 7) is 1.03. The molecule has 15 nitrogen and oxygen atoms in total. The zero-order valence-electron chi connectivity index (χ0n) is 19.7. The van der Waals surface area contributed by atoms with E-state index >= 15 is 0 Å². The van der Waals surface area contributed by atoms with Gasteiger partial charge in [-0.3, -0.25) is 18.7 Å². The predicted octanol–water partition coefficient (Wildman–Crippen LogP) is 0.00770. The number of aliphatic hydroxyl groups excluding tert-OH is 2. The maximum absolute atomic E-state index is 12.6. The van der Waals surface area contributed by atoms with Crippen LogP contribution >= 0.6 is 19.2 Å². The Bertz CT molecular complexity index is 1370. The van der Waals surface area contributed by atoms with Gasteiger partial charge < -0.3 is 40.1 Å². The highest BCUT2D eigenvalue weighted by Crippen LogP contribution is 2.42. The number of amides is 2. The first kappa shape index (κ1) is 28.0. The molecule has 0 radical (unpaired) electrons. The van der Waals surface area contributed by atoms with Crippen molar-refractivity contribution in [1.82, 2.24) is 24.8 Å². The molecule has 1 unspecified atom stereocenters. The minimum atomic E-state index is -5.01. The van der Waals surface area contributed by atoms with E-state index in [9.17, 15) is 34.2 Å². The molecule has 1 aliphatic rings. The van der Waals surface area contributed by atoms with Crippen molar-refractivity contribution in [2.75, 3.05) is 18.5 Å². The smallest absolute Gasteiger partial charge is 0.363 e. The molecule has 1 fully saturated rings. The van der Waals surface area contributed by atoms with E-state index in [1.54, 1.807) is 37.3 Å². The fourth-order valence-corrected chi connectivity index (χ4v) is 4.64. The van der Waals surface area contributed by atoms with Crippen molar-refractivity contribution in [3.63, 3.8) is 0 Å². The van der Waals surface area contributed by atoms with Crippen LogP contribution in [0.1, 0.15) is 23.5 Å². The minimum absolute atomic E-state index is 0.00746. The lowest BCUT2D eigenvalue weighted by Gasteiger charge is -2.21. The van der Waals surface area contributed by atoms with E-state index < -0.39 is 56.4 Å². The number of anilines is 1. The summed E-state index contributed by atoms with van der Waals surface area (Å²) in [5.41, 5.74) is 0.527. The molecule has 1 saturated heterocycles. The number of carbonyl (C=O) groups excluding carboxylic acids is 2. The lowest BCUT2D eigenvalue weighted by atomic mass is 10.1. The summed E-state index contributed by atoms with van der Waals surface area (Å²) in [6, 6.07) is 8.33. The van der Waals surface area contributed by atoms with Gasteiger partial charge in [-0.2, -0.15) is 9.97 Å². The number of imidazole rings is 1. The Hall–Kier alpha value is -3.01. The summed E-state index contributed by atoms with van der Waals surface area (Å²) in [6.07, 6.45) is -4.48. The molecule has 17 heteroatoms. The molecule has 0 aliphatic carbocycles. The SMILES string of the molecule is CCNC(=O)C(OC[C@H]1O[C@@H](n2cnc3c(NC(=O)c4ccccc4)nc(Cl)nc32)[C@H](O)[C@@H]1O)P(=O)(O)O. The highest BCUT2D eigenvalue weighted by molar-refractivity contribution is 7.53. The molecule has 204 valence electrons. The third-order valence-corrected chi connectivity index (χ3v) is 6.74. The van der Waals surface area contributed by atoms with Gasteiger partial charge in [0.15, 0.2) is 23.2 Å². The number of fused-ring (bicyclic) bond motifs is 1. The van der Waals surface area contributed by atoms with Gasteiger partial charge in [0.2, 0.25) is 11.1 Å². The summed E-state index contributed by atoms with van der Waals surface area (Å²) in [7, 11) is -5.01. The van der Waals surface area contributed by atoms with Crippen molar-refractivity contribution in [1.29, 1.82) is 0 Å². The van der Waals surface area contributed by atoms with Crippen LogP contribution in [0.25, 0.3) is 11.2 Å². The molecular formula is C21H24ClN6O9P. The van der Waals surface area contributed by atoms with Crippen LogP contribution < -0.4 is 10.6 Å². The number of carbonyl (C=O) groups is 2. The number of halogens is 1. The normalized spacial score (nSPS) is 22.4. The second-order valence-corrected chi connectivity index (χ2v) is 10.2. The third kappa shape index (κ3) is 5.85. The molecule has 38 heavy (non-hydrogen) atoms. The van der Waals surface area contributed by atoms with E-state index in [0.717, 1.165) is 0 Å². The molecular weight excluding hydrogens is 547 g/mol. The molecule has 4 rings (SSSR count). The second-order valence-electron chi connectivity index (χ2n) is 8.20. The van der Waals surface area contributed by atoms with Crippen molar-refractivity contribution in [3.05, 3.63) is 47.5 Å². The number of ether oxygens (including phenoxy) is 2. The number of likely N-dealkylation sites (N-methyl/N-ethyl adjacent to an activating group) is 1. The quantitative estimate of drug-likeness (QED) is 0.148. The van der Waals surface area contributed by atoms with Gasteiger partial charge in [-0.05, 0) is 30.7 Å². The highest BCUT2D eigenvalue weighted by Gasteiger charge is 2.46. The molecule has 5 atom stereocenters. The Kier molecular flexibility index (Phi) is 8.40. The van der Waals surface area contributed by atoms with Crippen LogP contribution in [-0.4, -0.2) is 88.6 Å². The summed E-state index contributed by atoms with van der Waals surface area (Å²) in [4.78, 5) is 55.9. The van der Waals surface area contributed by atoms with Crippen LogP contribution in [0.5, 0.6) is 0 Å². The highest BCUT2D eigenvalue weighted by atomic mass is 35.5. The number of rotatable bonds is 9. The zero-order chi connectivity index (χ0) is 27.6. The molecule has 1 aliphatic heterocycles. The lowest BCUT2D eigenvalue weighted by molar-refractivity contribution is -0.132. The maximum atomic E-state index is 12.6. The second kappa shape index (κ2) is 11.4. The van der Waals surface area contributed by atoms with Gasteiger partial charge in [-0.15, -0.1) is 0 Å². The lowest BCUT2D eigenvalue weighted by Crippen LogP contribution is -2.40. The summed E-state index contributed by atoms with van der Waals surface area (Å²) in [5, 5.41) is 25.8. The third-order valence-electron chi connectivity index (χ3n) is 5.57. The molecule has 2 amide bonds. The van der Waals surface area contributed by atoms with E-state index in [1.165, 1.54) is 10.9 Å². The summed E-state index contributed by atoms with van der Waals surface area (Å²) in [5.74, 6) is -3.66. The van der Waals surface area contributed by atoms with Gasteiger partial charge in [0.1, 0.15) is 18.3 Å². The molecule has 3 heterocycles. The number of benzene rings is 1. The van der Waals surface area contributed by atoms with Crippen molar-refractivity contribution in [2.24, 2.45) is 0 Å². The van der Waals surface area contributed by atoms with E-state index in [0.29, 0.717) is 5.56 Å². The fourth-order valence-electron chi connectivity index (χ4n) is 3.80. The number of nitrogens with one attached hydrogen (secondary N) is 2. The fraction of sp³-hybridized carbons (Fsp3) is 0.381. The average Bonchev–Trinajstić information content (AvgIpc) is 3.40. The standard InChI is InChI=1S/C21H24ClN6O9P/c1-2-23-18(32)20(38(33,34)35)36-8-11-13(29)14(30)19(37-11)28-9-24-12-15(26-21(22)27-16(12)28)25-17(31)10-6-4-3-5-7-10/h3-7,9,11,13-14,19-20,29-30H,2,8H2,1H3,(H,23,32)(H2,33,34,35)(H,25,26,27,31)/t11-,13-,14-,19-,20?/m1/s1. The Balaban J connectivity index is 1.55.